The van der Waals surface area contributed by atoms with Gasteiger partial charge in [-0.3, -0.25) is 4.79 Å². The fourth-order valence-corrected chi connectivity index (χ4v) is 4.19. The Balaban J connectivity index is 1.90. The molecule has 0 bridgehead atoms. The van der Waals surface area contributed by atoms with Gasteiger partial charge >= 0.3 is 0 Å². The Bertz CT molecular complexity index is 1430. The van der Waals surface area contributed by atoms with E-state index >= 15 is 0 Å². The maximum absolute atomic E-state index is 13.8. The lowest BCUT2D eigenvalue weighted by Crippen LogP contribution is -2.36. The Morgan fingerprint density at radius 2 is 1.67 bits per heavy atom. The first-order valence-electron chi connectivity index (χ1n) is 11.3. The highest BCUT2D eigenvalue weighted by Gasteiger charge is 2.33. The number of allylic oxidation sites excluding steroid dienone is 3. The third kappa shape index (κ3) is 5.04. The number of nitrogens with zero attached hydrogens (tertiary/aromatic N) is 3. The first-order valence-corrected chi connectivity index (χ1v) is 11.3. The molecule has 6 heteroatoms. The number of amides is 1. The fourth-order valence-electron chi connectivity index (χ4n) is 4.19. The summed E-state index contributed by atoms with van der Waals surface area (Å²) in [6.45, 7) is 0. The molecule has 1 aliphatic rings. The first kappa shape index (κ1) is 24.1. The maximum atomic E-state index is 13.8. The van der Waals surface area contributed by atoms with Crippen molar-refractivity contribution >= 4 is 12.0 Å². The average molecular weight is 474 g/mol. The number of hydrogen-bond acceptors (Lipinski definition) is 5. The van der Waals surface area contributed by atoms with E-state index in [1.807, 2.05) is 60.7 Å². The molecule has 0 saturated heterocycles. The van der Waals surface area contributed by atoms with Crippen molar-refractivity contribution in [3.8, 4) is 23.6 Å². The van der Waals surface area contributed by atoms with Crippen molar-refractivity contribution in [2.45, 2.75) is 12.5 Å². The van der Waals surface area contributed by atoms with Gasteiger partial charge in [-0.05, 0) is 60.1 Å². The van der Waals surface area contributed by atoms with Gasteiger partial charge in [-0.15, -0.1) is 0 Å². The van der Waals surface area contributed by atoms with Gasteiger partial charge in [0.25, 0.3) is 5.91 Å². The number of hydrogen-bond donors (Lipinski definition) is 1. The van der Waals surface area contributed by atoms with Gasteiger partial charge in [-0.2, -0.15) is 10.5 Å². The van der Waals surface area contributed by atoms with E-state index in [9.17, 15) is 20.4 Å². The molecule has 1 heterocycles. The van der Waals surface area contributed by atoms with Crippen LogP contribution in [-0.2, 0) is 0 Å². The zero-order valence-electron chi connectivity index (χ0n) is 19.6. The summed E-state index contributed by atoms with van der Waals surface area (Å²) in [6.07, 6.45) is 5.57. The monoisotopic (exact) mass is 473 g/mol. The van der Waals surface area contributed by atoms with Crippen LogP contribution in [0.2, 0.25) is 0 Å². The van der Waals surface area contributed by atoms with Crippen molar-refractivity contribution in [2.75, 3.05) is 7.11 Å². The lowest BCUT2D eigenvalue weighted by molar-refractivity contribution is 0.0744. The summed E-state index contributed by atoms with van der Waals surface area (Å²) < 4.78 is 5.39. The quantitative estimate of drug-likeness (QED) is 0.463. The Morgan fingerprint density at radius 1 is 1.00 bits per heavy atom. The van der Waals surface area contributed by atoms with Crippen LogP contribution in [0.4, 0.5) is 0 Å². The van der Waals surface area contributed by atoms with Crippen LogP contribution in [0.3, 0.4) is 0 Å². The smallest absolute Gasteiger partial charge is 0.258 e. The number of nitriles is 2. The maximum Gasteiger partial charge on any atom is 0.258 e. The molecular formula is C30H23N3O3. The number of aromatic hydroxyl groups is 1. The third-order valence-corrected chi connectivity index (χ3v) is 5.94. The lowest BCUT2D eigenvalue weighted by atomic mass is 9.89. The lowest BCUT2D eigenvalue weighted by Gasteiger charge is -2.37. The summed E-state index contributed by atoms with van der Waals surface area (Å²) in [6, 6.07) is 26.8. The molecule has 6 nitrogen and oxygen atoms in total. The van der Waals surface area contributed by atoms with Crippen LogP contribution >= 0.6 is 0 Å². The minimum atomic E-state index is -0.433. The van der Waals surface area contributed by atoms with Crippen LogP contribution in [0.25, 0.3) is 6.08 Å². The molecule has 1 atom stereocenters. The molecule has 3 aromatic carbocycles. The number of methoxy groups -OCH3 is 1. The van der Waals surface area contributed by atoms with Crippen molar-refractivity contribution < 1.29 is 14.6 Å². The summed E-state index contributed by atoms with van der Waals surface area (Å²) in [5, 5.41) is 29.0. The Hall–Kier alpha value is -5.07. The number of rotatable bonds is 5. The topological polar surface area (TPSA) is 97.3 Å². The zero-order valence-corrected chi connectivity index (χ0v) is 19.6. The van der Waals surface area contributed by atoms with Gasteiger partial charge in [-0.1, -0.05) is 48.5 Å². The van der Waals surface area contributed by atoms with Crippen LogP contribution < -0.4 is 4.74 Å². The summed E-state index contributed by atoms with van der Waals surface area (Å²) in [5.74, 6) is 0.338. The normalized spacial score (nSPS) is 15.1. The van der Waals surface area contributed by atoms with Crippen LogP contribution in [-0.4, -0.2) is 23.0 Å². The van der Waals surface area contributed by atoms with E-state index < -0.39 is 6.04 Å². The summed E-state index contributed by atoms with van der Waals surface area (Å²) in [4.78, 5) is 15.5. The largest absolute Gasteiger partial charge is 0.508 e. The van der Waals surface area contributed by atoms with Gasteiger partial charge in [0.1, 0.15) is 29.2 Å². The molecule has 1 aliphatic heterocycles. The molecule has 176 valence electrons. The molecule has 0 saturated carbocycles. The molecule has 3 aromatic rings. The van der Waals surface area contributed by atoms with E-state index in [4.69, 9.17) is 4.74 Å². The Labute approximate surface area is 209 Å². The minimum absolute atomic E-state index is 0.0101. The van der Waals surface area contributed by atoms with Crippen molar-refractivity contribution in [3.63, 3.8) is 0 Å². The zero-order chi connectivity index (χ0) is 25.5. The van der Waals surface area contributed by atoms with Crippen LogP contribution in [0.5, 0.6) is 11.5 Å². The van der Waals surface area contributed by atoms with Gasteiger partial charge in [0.15, 0.2) is 0 Å². The van der Waals surface area contributed by atoms with E-state index in [0.717, 1.165) is 5.56 Å². The van der Waals surface area contributed by atoms with Gasteiger partial charge in [0.2, 0.25) is 0 Å². The van der Waals surface area contributed by atoms with Crippen molar-refractivity contribution in [3.05, 3.63) is 125 Å². The second kappa shape index (κ2) is 10.9. The highest BCUT2D eigenvalue weighted by Crippen LogP contribution is 2.39. The molecule has 4 rings (SSSR count). The molecule has 36 heavy (non-hydrogen) atoms. The van der Waals surface area contributed by atoms with Crippen LogP contribution in [0.15, 0.2) is 108 Å². The molecule has 0 fully saturated rings. The predicted octanol–water partition coefficient (Wildman–Crippen LogP) is 5.93. The molecule has 0 aromatic heterocycles. The Kier molecular flexibility index (Phi) is 7.29. The second-order valence-corrected chi connectivity index (χ2v) is 8.12. The molecule has 0 spiro atoms. The van der Waals surface area contributed by atoms with E-state index in [1.54, 1.807) is 47.4 Å². The summed E-state index contributed by atoms with van der Waals surface area (Å²) >= 11 is 0. The minimum Gasteiger partial charge on any atom is -0.508 e. The van der Waals surface area contributed by atoms with Crippen molar-refractivity contribution in [1.82, 2.24) is 4.90 Å². The number of carbonyl (C=O) groups excluding carboxylic acids is 1. The van der Waals surface area contributed by atoms with Gasteiger partial charge in [0.05, 0.1) is 13.2 Å². The highest BCUT2D eigenvalue weighted by atomic mass is 16.5. The van der Waals surface area contributed by atoms with E-state index in [2.05, 4.69) is 0 Å². The van der Waals surface area contributed by atoms with Crippen molar-refractivity contribution in [2.24, 2.45) is 0 Å². The van der Waals surface area contributed by atoms with Gasteiger partial charge in [-0.25, -0.2) is 0 Å². The van der Waals surface area contributed by atoms with Crippen LogP contribution in [0, 0.1) is 22.7 Å². The van der Waals surface area contributed by atoms with E-state index in [1.165, 1.54) is 13.2 Å². The first-order chi connectivity index (χ1) is 17.5. The summed E-state index contributed by atoms with van der Waals surface area (Å²) in [5.41, 5.74) is 3.19. The SMILES string of the molecule is COc1cc(O)ccc1/C=C/C1=CC(=C(C#N)C#N)CC(c2ccccc2)N1C(=O)c1ccccc1. The molecular weight excluding hydrogens is 450 g/mol. The third-order valence-electron chi connectivity index (χ3n) is 5.94. The molecule has 1 N–H and O–H groups in total. The number of benzene rings is 3. The molecule has 0 aliphatic carbocycles. The second-order valence-electron chi connectivity index (χ2n) is 8.12. The highest BCUT2D eigenvalue weighted by molar-refractivity contribution is 5.96. The van der Waals surface area contributed by atoms with Gasteiger partial charge in [0, 0.05) is 22.9 Å². The fraction of sp³-hybridized carbons (Fsp3) is 0.100. The van der Waals surface area contributed by atoms with Gasteiger partial charge < -0.3 is 14.7 Å². The molecule has 0 radical (unpaired) electrons. The Morgan fingerprint density at radius 3 is 2.31 bits per heavy atom. The van der Waals surface area contributed by atoms with E-state index in [0.29, 0.717) is 34.6 Å². The number of phenolic OH excluding ortho intramolecular Hbond substituents is 1. The molecule has 1 amide bonds. The average Bonchev–Trinajstić information content (AvgIpc) is 2.93. The number of phenols is 1. The van der Waals surface area contributed by atoms with Crippen LogP contribution in [0.1, 0.15) is 33.9 Å². The number of carbonyl (C=O) groups is 1. The van der Waals surface area contributed by atoms with Crippen molar-refractivity contribution in [1.29, 1.82) is 10.5 Å². The predicted molar refractivity (Wildman–Crippen MR) is 136 cm³/mol. The van der Waals surface area contributed by atoms with E-state index in [-0.39, 0.29) is 17.2 Å². The summed E-state index contributed by atoms with van der Waals surface area (Å²) in [7, 11) is 1.51. The standard InChI is InChI=1S/C30H23N3O3/c1-36-29-18-27(34)15-13-22(29)12-14-26-16-24(25(19-31)20-32)17-28(21-8-4-2-5-9-21)33(26)30(35)23-10-6-3-7-11-23/h2-16,18,28,34H,17H2,1H3/b14-12+. The molecule has 1 unspecified atom stereocenters. The number of ether oxygens (including phenoxy) is 1.